The van der Waals surface area contributed by atoms with Gasteiger partial charge in [0.25, 0.3) is 0 Å². The first-order valence-corrected chi connectivity index (χ1v) is 5.37. The monoisotopic (exact) mass is 161 g/mol. The molecule has 0 aromatic rings. The Balaban J connectivity index is 3.21. The summed E-state index contributed by atoms with van der Waals surface area (Å²) in [5, 5.41) is 0. The van der Waals surface area contributed by atoms with E-state index in [-0.39, 0.29) is 5.97 Å². The molecule has 0 aliphatic rings. The standard InChI is InChI=1S/C6H13O3Si/c1-4-9-10(3)5-8-6(2)7/h4-5H2,1-3H3. The van der Waals surface area contributed by atoms with Crippen molar-refractivity contribution in [3.8, 4) is 0 Å². The van der Waals surface area contributed by atoms with Crippen LogP contribution in [0.3, 0.4) is 0 Å². The average molecular weight is 161 g/mol. The Morgan fingerprint density at radius 3 is 2.60 bits per heavy atom. The first kappa shape index (κ1) is 9.65. The molecule has 0 bridgehead atoms. The van der Waals surface area contributed by atoms with E-state index in [1.54, 1.807) is 0 Å². The van der Waals surface area contributed by atoms with Crippen LogP contribution in [0.2, 0.25) is 6.55 Å². The maximum atomic E-state index is 10.3. The Kier molecular flexibility index (Phi) is 5.24. The van der Waals surface area contributed by atoms with Gasteiger partial charge in [0.2, 0.25) is 9.04 Å². The summed E-state index contributed by atoms with van der Waals surface area (Å²) >= 11 is 0. The van der Waals surface area contributed by atoms with E-state index in [0.29, 0.717) is 12.8 Å². The van der Waals surface area contributed by atoms with Gasteiger partial charge in [-0.2, -0.15) is 0 Å². The van der Waals surface area contributed by atoms with Crippen LogP contribution in [0.5, 0.6) is 0 Å². The zero-order valence-electron chi connectivity index (χ0n) is 6.64. The van der Waals surface area contributed by atoms with Crippen LogP contribution in [-0.4, -0.2) is 27.8 Å². The van der Waals surface area contributed by atoms with Crippen molar-refractivity contribution in [1.82, 2.24) is 0 Å². The van der Waals surface area contributed by atoms with Crippen LogP contribution in [0.15, 0.2) is 0 Å². The molecule has 0 rings (SSSR count). The lowest BCUT2D eigenvalue weighted by atomic mass is 10.8. The summed E-state index contributed by atoms with van der Waals surface area (Å²) in [4.78, 5) is 10.3. The Morgan fingerprint density at radius 2 is 2.20 bits per heavy atom. The third kappa shape index (κ3) is 5.78. The number of hydrogen-bond donors (Lipinski definition) is 0. The average Bonchev–Trinajstić information content (AvgIpc) is 1.85. The third-order valence-corrected chi connectivity index (χ3v) is 2.20. The SMILES string of the molecule is CCO[Si](C)COC(C)=O. The second kappa shape index (κ2) is 5.43. The molecule has 3 nitrogen and oxygen atoms in total. The fourth-order valence-corrected chi connectivity index (χ4v) is 1.47. The molecule has 0 spiro atoms. The summed E-state index contributed by atoms with van der Waals surface area (Å²) in [6.45, 7) is 6.01. The van der Waals surface area contributed by atoms with Crippen LogP contribution in [0.1, 0.15) is 13.8 Å². The highest BCUT2D eigenvalue weighted by atomic mass is 28.3. The van der Waals surface area contributed by atoms with Gasteiger partial charge < -0.3 is 9.16 Å². The van der Waals surface area contributed by atoms with E-state index >= 15 is 0 Å². The van der Waals surface area contributed by atoms with E-state index in [1.165, 1.54) is 6.92 Å². The molecule has 0 saturated heterocycles. The van der Waals surface area contributed by atoms with E-state index < -0.39 is 9.04 Å². The maximum absolute atomic E-state index is 10.3. The number of ether oxygens (including phenoxy) is 1. The highest BCUT2D eigenvalue weighted by Gasteiger charge is 2.05. The van der Waals surface area contributed by atoms with Gasteiger partial charge in [-0.1, -0.05) is 0 Å². The van der Waals surface area contributed by atoms with Crippen molar-refractivity contribution in [2.45, 2.75) is 20.4 Å². The molecule has 0 unspecified atom stereocenters. The smallest absolute Gasteiger partial charge is 0.302 e. The molecule has 0 aromatic carbocycles. The Labute approximate surface area is 63.1 Å². The quantitative estimate of drug-likeness (QED) is 0.451. The first-order valence-electron chi connectivity index (χ1n) is 3.25. The largest absolute Gasteiger partial charge is 0.467 e. The van der Waals surface area contributed by atoms with Gasteiger partial charge in [-0.05, 0) is 13.5 Å². The topological polar surface area (TPSA) is 35.5 Å². The molecule has 0 fully saturated rings. The van der Waals surface area contributed by atoms with E-state index in [4.69, 9.17) is 9.16 Å². The minimum Gasteiger partial charge on any atom is -0.467 e. The van der Waals surface area contributed by atoms with Crippen LogP contribution >= 0.6 is 0 Å². The van der Waals surface area contributed by atoms with E-state index in [1.807, 2.05) is 13.5 Å². The zero-order chi connectivity index (χ0) is 7.98. The van der Waals surface area contributed by atoms with E-state index in [0.717, 1.165) is 0 Å². The van der Waals surface area contributed by atoms with Gasteiger partial charge in [0, 0.05) is 13.5 Å². The first-order chi connectivity index (χ1) is 4.66. The van der Waals surface area contributed by atoms with Gasteiger partial charge in [0.1, 0.15) is 6.23 Å². The third-order valence-electron chi connectivity index (χ3n) is 0.869. The van der Waals surface area contributed by atoms with Gasteiger partial charge in [0.05, 0.1) is 0 Å². The van der Waals surface area contributed by atoms with Crippen molar-refractivity contribution in [3.63, 3.8) is 0 Å². The summed E-state index contributed by atoms with van der Waals surface area (Å²) in [5.74, 6) is -0.232. The molecular formula is C6H13O3Si. The molecular weight excluding hydrogens is 148 g/mol. The predicted molar refractivity (Wildman–Crippen MR) is 39.9 cm³/mol. The Hall–Kier alpha value is -0.353. The molecule has 0 atom stereocenters. The van der Waals surface area contributed by atoms with Crippen molar-refractivity contribution in [3.05, 3.63) is 0 Å². The lowest BCUT2D eigenvalue weighted by Crippen LogP contribution is -2.22. The molecule has 0 heterocycles. The molecule has 10 heavy (non-hydrogen) atoms. The van der Waals surface area contributed by atoms with Crippen molar-refractivity contribution < 1.29 is 14.0 Å². The summed E-state index contributed by atoms with van der Waals surface area (Å²) in [6.07, 6.45) is 0.452. The molecule has 0 saturated carbocycles. The second-order valence-corrected chi connectivity index (χ2v) is 3.90. The van der Waals surface area contributed by atoms with Crippen LogP contribution in [-0.2, 0) is 14.0 Å². The van der Waals surface area contributed by atoms with Crippen molar-refractivity contribution in [2.24, 2.45) is 0 Å². The molecule has 0 amide bonds. The highest BCUT2D eigenvalue weighted by molar-refractivity contribution is 6.50. The second-order valence-electron chi connectivity index (χ2n) is 1.92. The predicted octanol–water partition coefficient (Wildman–Crippen LogP) is 0.746. The van der Waals surface area contributed by atoms with Gasteiger partial charge >= 0.3 is 5.97 Å². The van der Waals surface area contributed by atoms with Crippen LogP contribution in [0.4, 0.5) is 0 Å². The normalized spacial score (nSPS) is 10.0. The Morgan fingerprint density at radius 1 is 1.60 bits per heavy atom. The lowest BCUT2D eigenvalue weighted by molar-refractivity contribution is -0.139. The van der Waals surface area contributed by atoms with Crippen LogP contribution < -0.4 is 0 Å². The maximum Gasteiger partial charge on any atom is 0.302 e. The molecule has 0 aromatic heterocycles. The number of esters is 1. The Bertz CT molecular complexity index is 105. The van der Waals surface area contributed by atoms with Crippen molar-refractivity contribution in [1.29, 1.82) is 0 Å². The molecule has 0 aliphatic carbocycles. The molecule has 0 N–H and O–H groups in total. The summed E-state index contributed by atoms with van der Waals surface area (Å²) < 4.78 is 9.95. The highest BCUT2D eigenvalue weighted by Crippen LogP contribution is 1.86. The number of rotatable bonds is 4. The van der Waals surface area contributed by atoms with E-state index in [2.05, 4.69) is 0 Å². The van der Waals surface area contributed by atoms with Crippen LogP contribution in [0.25, 0.3) is 0 Å². The number of carbonyl (C=O) groups is 1. The fraction of sp³-hybridized carbons (Fsp3) is 0.833. The zero-order valence-corrected chi connectivity index (χ0v) is 7.64. The van der Waals surface area contributed by atoms with Gasteiger partial charge in [-0.25, -0.2) is 0 Å². The molecule has 0 aliphatic heterocycles. The van der Waals surface area contributed by atoms with Gasteiger partial charge in [-0.15, -0.1) is 0 Å². The minimum atomic E-state index is -0.879. The number of hydrogen-bond acceptors (Lipinski definition) is 3. The van der Waals surface area contributed by atoms with Crippen LogP contribution in [0, 0.1) is 0 Å². The van der Waals surface area contributed by atoms with Gasteiger partial charge in [-0.3, -0.25) is 4.79 Å². The van der Waals surface area contributed by atoms with Crippen molar-refractivity contribution in [2.75, 3.05) is 12.8 Å². The minimum absolute atomic E-state index is 0.232. The number of carbonyl (C=O) groups excluding carboxylic acids is 1. The van der Waals surface area contributed by atoms with E-state index in [9.17, 15) is 4.79 Å². The summed E-state index contributed by atoms with van der Waals surface area (Å²) in [6, 6.07) is 0. The lowest BCUT2D eigenvalue weighted by Gasteiger charge is -2.07. The van der Waals surface area contributed by atoms with Crippen molar-refractivity contribution >= 4 is 15.0 Å². The summed E-state index contributed by atoms with van der Waals surface area (Å²) in [5.41, 5.74) is 0. The molecule has 1 radical (unpaired) electrons. The fourth-order valence-electron chi connectivity index (χ4n) is 0.491. The molecule has 4 heteroatoms. The van der Waals surface area contributed by atoms with Gasteiger partial charge in [0.15, 0.2) is 0 Å². The molecule has 59 valence electrons. The summed E-state index contributed by atoms with van der Waals surface area (Å²) in [7, 11) is -0.879.